The van der Waals surface area contributed by atoms with E-state index in [4.69, 9.17) is 5.73 Å². The van der Waals surface area contributed by atoms with Crippen molar-refractivity contribution in [2.45, 2.75) is 19.9 Å². The third-order valence-electron chi connectivity index (χ3n) is 1.54. The Balaban J connectivity index is 2.67. The van der Waals surface area contributed by atoms with Gasteiger partial charge in [0.25, 0.3) is 10.0 Å². The molecule has 0 saturated heterocycles. The van der Waals surface area contributed by atoms with Gasteiger partial charge in [-0.1, -0.05) is 13.8 Å². The Morgan fingerprint density at radius 2 is 2.23 bits per heavy atom. The Kier molecular flexibility index (Phi) is 2.72. The first-order chi connectivity index (χ1) is 5.92. The molecule has 0 unspecified atom stereocenters. The largest absolute Gasteiger partial charge is 0.388 e. The summed E-state index contributed by atoms with van der Waals surface area (Å²) in [4.78, 5) is 0. The predicted molar refractivity (Wildman–Crippen MR) is 51.8 cm³/mol. The summed E-state index contributed by atoms with van der Waals surface area (Å²) in [6.07, 6.45) is 1.38. The maximum atomic E-state index is 11.0. The molecular formula is C7H13N3O2S. The van der Waals surface area contributed by atoms with Crippen molar-refractivity contribution in [3.05, 3.63) is 11.1 Å². The standard InChI is InChI=1S/C7H13N3O2S/c1-5(2)9-4-6-3-7(8)13(11,12)10-6/h3,5,9H,4,8H2,1-2H3. The second-order valence-electron chi connectivity index (χ2n) is 3.14. The third kappa shape index (κ3) is 2.53. The fourth-order valence-electron chi connectivity index (χ4n) is 0.864. The van der Waals surface area contributed by atoms with Crippen molar-refractivity contribution in [3.63, 3.8) is 0 Å². The van der Waals surface area contributed by atoms with Crippen molar-refractivity contribution in [2.24, 2.45) is 10.1 Å². The molecule has 6 heteroatoms. The van der Waals surface area contributed by atoms with Crippen LogP contribution in [0.3, 0.4) is 0 Å². The first-order valence-electron chi connectivity index (χ1n) is 3.96. The van der Waals surface area contributed by atoms with E-state index in [1.54, 1.807) is 0 Å². The molecule has 0 spiro atoms. The SMILES string of the molecule is CC(C)NCC1=NS(=O)(=O)C(N)=C1. The molecule has 0 aromatic carbocycles. The number of nitrogens with one attached hydrogen (secondary N) is 1. The lowest BCUT2D eigenvalue weighted by Gasteiger charge is -2.04. The molecule has 0 amide bonds. The lowest BCUT2D eigenvalue weighted by molar-refractivity contribution is 0.603. The Labute approximate surface area is 77.8 Å². The molecule has 1 aliphatic heterocycles. The van der Waals surface area contributed by atoms with Gasteiger partial charge in [-0.05, 0) is 6.08 Å². The molecule has 3 N–H and O–H groups in total. The summed E-state index contributed by atoms with van der Waals surface area (Å²) in [6.45, 7) is 4.37. The van der Waals surface area contributed by atoms with Crippen LogP contribution in [-0.2, 0) is 10.0 Å². The topological polar surface area (TPSA) is 84.5 Å². The number of nitrogens with two attached hydrogens (primary N) is 1. The van der Waals surface area contributed by atoms with Gasteiger partial charge < -0.3 is 11.1 Å². The predicted octanol–water partition coefficient (Wildman–Crippen LogP) is -0.431. The van der Waals surface area contributed by atoms with Crippen LogP contribution in [-0.4, -0.2) is 26.7 Å². The zero-order valence-electron chi connectivity index (χ0n) is 7.61. The molecule has 1 heterocycles. The molecule has 0 aliphatic carbocycles. The zero-order valence-corrected chi connectivity index (χ0v) is 8.43. The third-order valence-corrected chi connectivity index (χ3v) is 2.72. The fourth-order valence-corrected chi connectivity index (χ4v) is 1.68. The first-order valence-corrected chi connectivity index (χ1v) is 5.40. The van der Waals surface area contributed by atoms with Crippen molar-refractivity contribution in [3.8, 4) is 0 Å². The quantitative estimate of drug-likeness (QED) is 0.651. The van der Waals surface area contributed by atoms with Gasteiger partial charge in [0.15, 0.2) is 5.03 Å². The highest BCUT2D eigenvalue weighted by atomic mass is 32.2. The van der Waals surface area contributed by atoms with Gasteiger partial charge in [0, 0.05) is 12.6 Å². The Bertz CT molecular complexity index is 354. The van der Waals surface area contributed by atoms with Crippen LogP contribution >= 0.6 is 0 Å². The highest BCUT2D eigenvalue weighted by Crippen LogP contribution is 2.10. The highest BCUT2D eigenvalue weighted by Gasteiger charge is 2.20. The highest BCUT2D eigenvalue weighted by molar-refractivity contribution is 7.94. The molecule has 0 atom stereocenters. The number of nitrogens with zero attached hydrogens (tertiary/aromatic N) is 1. The van der Waals surface area contributed by atoms with Crippen molar-refractivity contribution in [2.75, 3.05) is 6.54 Å². The second kappa shape index (κ2) is 3.47. The van der Waals surface area contributed by atoms with Crippen LogP contribution in [0.5, 0.6) is 0 Å². The molecule has 74 valence electrons. The number of rotatable bonds is 3. The van der Waals surface area contributed by atoms with Crippen LogP contribution in [0.4, 0.5) is 0 Å². The average molecular weight is 203 g/mol. The molecule has 1 aliphatic rings. The minimum absolute atomic E-state index is 0.173. The minimum atomic E-state index is -3.54. The maximum Gasteiger partial charge on any atom is 0.297 e. The van der Waals surface area contributed by atoms with Crippen molar-refractivity contribution in [1.82, 2.24) is 5.32 Å². The van der Waals surface area contributed by atoms with Gasteiger partial charge in [-0.15, -0.1) is 0 Å². The molecule has 0 bridgehead atoms. The lowest BCUT2D eigenvalue weighted by Crippen LogP contribution is -2.28. The van der Waals surface area contributed by atoms with Gasteiger partial charge in [0.2, 0.25) is 0 Å². The van der Waals surface area contributed by atoms with Gasteiger partial charge in [-0.3, -0.25) is 0 Å². The summed E-state index contributed by atoms with van der Waals surface area (Å²) in [5.74, 6) is 0. The van der Waals surface area contributed by atoms with Crippen LogP contribution < -0.4 is 11.1 Å². The van der Waals surface area contributed by atoms with Crippen LogP contribution in [0.2, 0.25) is 0 Å². The van der Waals surface area contributed by atoms with Gasteiger partial charge in [0.05, 0.1) is 5.71 Å². The van der Waals surface area contributed by atoms with Crippen LogP contribution in [0.15, 0.2) is 15.5 Å². The normalized spacial score (nSPS) is 20.2. The summed E-state index contributed by atoms with van der Waals surface area (Å²) in [7, 11) is -3.54. The van der Waals surface area contributed by atoms with Gasteiger partial charge in [-0.25, -0.2) is 0 Å². The summed E-state index contributed by atoms with van der Waals surface area (Å²) in [6, 6.07) is 0.292. The van der Waals surface area contributed by atoms with Crippen molar-refractivity contribution in [1.29, 1.82) is 0 Å². The van der Waals surface area contributed by atoms with Gasteiger partial charge in [0.1, 0.15) is 0 Å². The van der Waals surface area contributed by atoms with E-state index in [-0.39, 0.29) is 5.03 Å². The fraction of sp³-hybridized carbons (Fsp3) is 0.571. The van der Waals surface area contributed by atoms with E-state index in [1.807, 2.05) is 13.8 Å². The second-order valence-corrected chi connectivity index (χ2v) is 4.74. The van der Waals surface area contributed by atoms with Crippen LogP contribution in [0.25, 0.3) is 0 Å². The average Bonchev–Trinajstić information content (AvgIpc) is 2.22. The van der Waals surface area contributed by atoms with E-state index >= 15 is 0 Å². The molecule has 0 fully saturated rings. The molecule has 1 rings (SSSR count). The number of hydrogen-bond acceptors (Lipinski definition) is 4. The molecular weight excluding hydrogens is 190 g/mol. The van der Waals surface area contributed by atoms with Gasteiger partial charge >= 0.3 is 0 Å². The maximum absolute atomic E-state index is 11.0. The summed E-state index contributed by atoms with van der Waals surface area (Å²) < 4.78 is 25.5. The number of hydrogen-bond donors (Lipinski definition) is 2. The number of sulfonamides is 1. The van der Waals surface area contributed by atoms with E-state index in [2.05, 4.69) is 9.71 Å². The molecule has 5 nitrogen and oxygen atoms in total. The lowest BCUT2D eigenvalue weighted by atomic mass is 10.3. The van der Waals surface area contributed by atoms with Crippen LogP contribution in [0.1, 0.15) is 13.8 Å². The Morgan fingerprint density at radius 3 is 2.62 bits per heavy atom. The molecule has 0 saturated carbocycles. The molecule has 0 radical (unpaired) electrons. The van der Waals surface area contributed by atoms with Gasteiger partial charge in [-0.2, -0.15) is 12.8 Å². The summed E-state index contributed by atoms with van der Waals surface area (Å²) in [5.41, 5.74) is 5.70. The Morgan fingerprint density at radius 1 is 1.62 bits per heavy atom. The van der Waals surface area contributed by atoms with E-state index in [9.17, 15) is 8.42 Å². The smallest absolute Gasteiger partial charge is 0.297 e. The van der Waals surface area contributed by atoms with E-state index in [0.717, 1.165) is 0 Å². The molecule has 13 heavy (non-hydrogen) atoms. The molecule has 0 aromatic rings. The van der Waals surface area contributed by atoms with E-state index < -0.39 is 10.0 Å². The zero-order chi connectivity index (χ0) is 10.1. The minimum Gasteiger partial charge on any atom is -0.388 e. The summed E-state index contributed by atoms with van der Waals surface area (Å²) >= 11 is 0. The van der Waals surface area contributed by atoms with Crippen LogP contribution in [0, 0.1) is 0 Å². The van der Waals surface area contributed by atoms with E-state index in [1.165, 1.54) is 6.08 Å². The molecule has 0 aromatic heterocycles. The van der Waals surface area contributed by atoms with Crippen molar-refractivity contribution >= 4 is 15.7 Å². The Hall–Kier alpha value is -0.880. The summed E-state index contributed by atoms with van der Waals surface area (Å²) in [5, 5.41) is 2.88. The monoisotopic (exact) mass is 203 g/mol. The first kappa shape index (κ1) is 10.2. The van der Waals surface area contributed by atoms with E-state index in [0.29, 0.717) is 18.3 Å². The van der Waals surface area contributed by atoms with Crippen molar-refractivity contribution < 1.29 is 8.42 Å².